The molecule has 1 atom stereocenters. The molecule has 2 heterocycles. The summed E-state index contributed by atoms with van der Waals surface area (Å²) in [4.78, 5) is 22.7. The first-order valence-corrected chi connectivity index (χ1v) is 7.83. The molecule has 2 aromatic carbocycles. The van der Waals surface area contributed by atoms with E-state index in [1.54, 1.807) is 24.3 Å². The van der Waals surface area contributed by atoms with Crippen molar-refractivity contribution in [2.45, 2.75) is 13.0 Å². The van der Waals surface area contributed by atoms with Crippen LogP contribution in [0.4, 0.5) is 0 Å². The van der Waals surface area contributed by atoms with Gasteiger partial charge in [-0.25, -0.2) is 9.59 Å². The molecule has 0 aliphatic rings. The van der Waals surface area contributed by atoms with Gasteiger partial charge in [0.25, 0.3) is 0 Å². The van der Waals surface area contributed by atoms with E-state index >= 15 is 0 Å². The van der Waals surface area contributed by atoms with Gasteiger partial charge in [0.1, 0.15) is 23.0 Å². The van der Waals surface area contributed by atoms with Crippen molar-refractivity contribution < 1.29 is 13.6 Å². The van der Waals surface area contributed by atoms with Crippen LogP contribution in [0.1, 0.15) is 18.6 Å². The number of hydrogen-bond acceptors (Lipinski definition) is 5. The summed E-state index contributed by atoms with van der Waals surface area (Å²) in [5.74, 6) is 0.587. The highest BCUT2D eigenvalue weighted by atomic mass is 16.5. The SMILES string of the molecule is CC(Oc1ccc2ccc(=O)oc2c1)c1ccc2ccc(=O)oc2c1. The third kappa shape index (κ3) is 3.04. The Morgan fingerprint density at radius 3 is 2.00 bits per heavy atom. The van der Waals surface area contributed by atoms with E-state index in [0.29, 0.717) is 16.9 Å². The first-order valence-electron chi connectivity index (χ1n) is 7.83. The Kier molecular flexibility index (Phi) is 3.61. The Hall–Kier alpha value is -3.34. The first-order chi connectivity index (χ1) is 12.1. The second-order valence-electron chi connectivity index (χ2n) is 5.77. The standard InChI is InChI=1S/C20H14O5/c1-12(15-3-2-13-5-8-19(21)24-17(13)10-15)23-16-7-4-14-6-9-20(22)25-18(14)11-16/h2-12H,1H3. The molecular formula is C20H14O5. The van der Waals surface area contributed by atoms with Crippen LogP contribution < -0.4 is 16.0 Å². The van der Waals surface area contributed by atoms with E-state index in [9.17, 15) is 9.59 Å². The Bertz CT molecular complexity index is 1190. The zero-order chi connectivity index (χ0) is 17.4. The Morgan fingerprint density at radius 2 is 1.32 bits per heavy atom. The summed E-state index contributed by atoms with van der Waals surface area (Å²) < 4.78 is 16.3. The third-order valence-corrected chi connectivity index (χ3v) is 4.02. The minimum Gasteiger partial charge on any atom is -0.486 e. The average molecular weight is 334 g/mol. The van der Waals surface area contributed by atoms with Crippen molar-refractivity contribution in [3.05, 3.63) is 87.1 Å². The molecule has 0 spiro atoms. The van der Waals surface area contributed by atoms with Gasteiger partial charge in [0.2, 0.25) is 0 Å². The molecule has 0 amide bonds. The van der Waals surface area contributed by atoms with Crippen molar-refractivity contribution in [3.8, 4) is 5.75 Å². The van der Waals surface area contributed by atoms with E-state index in [-0.39, 0.29) is 11.7 Å². The molecule has 5 heteroatoms. The van der Waals surface area contributed by atoms with E-state index in [0.717, 1.165) is 16.3 Å². The van der Waals surface area contributed by atoms with Crippen molar-refractivity contribution in [1.29, 1.82) is 0 Å². The lowest BCUT2D eigenvalue weighted by molar-refractivity contribution is 0.227. The highest BCUT2D eigenvalue weighted by Crippen LogP contribution is 2.26. The van der Waals surface area contributed by atoms with Gasteiger partial charge in [0, 0.05) is 29.0 Å². The van der Waals surface area contributed by atoms with Crippen molar-refractivity contribution in [3.63, 3.8) is 0 Å². The van der Waals surface area contributed by atoms with Crippen molar-refractivity contribution in [2.24, 2.45) is 0 Å². The van der Waals surface area contributed by atoms with Crippen LogP contribution in [0.2, 0.25) is 0 Å². The molecule has 0 N–H and O–H groups in total. The molecule has 0 bridgehead atoms. The van der Waals surface area contributed by atoms with Gasteiger partial charge in [0.15, 0.2) is 0 Å². The van der Waals surface area contributed by atoms with Gasteiger partial charge >= 0.3 is 11.3 Å². The van der Waals surface area contributed by atoms with Crippen LogP contribution in [-0.4, -0.2) is 0 Å². The monoisotopic (exact) mass is 334 g/mol. The quantitative estimate of drug-likeness (QED) is 0.529. The van der Waals surface area contributed by atoms with E-state index in [4.69, 9.17) is 13.6 Å². The van der Waals surface area contributed by atoms with Crippen LogP contribution in [0.15, 0.2) is 79.1 Å². The molecular weight excluding hydrogens is 320 g/mol. The number of rotatable bonds is 3. The summed E-state index contributed by atoms with van der Waals surface area (Å²) >= 11 is 0. The number of benzene rings is 2. The minimum atomic E-state index is -0.401. The van der Waals surface area contributed by atoms with Crippen molar-refractivity contribution >= 4 is 21.9 Å². The summed E-state index contributed by atoms with van der Waals surface area (Å²) in [6.07, 6.45) is -0.275. The van der Waals surface area contributed by atoms with Crippen molar-refractivity contribution in [2.75, 3.05) is 0 Å². The largest absolute Gasteiger partial charge is 0.486 e. The number of fused-ring (bicyclic) bond motifs is 2. The van der Waals surface area contributed by atoms with Crippen LogP contribution in [0.25, 0.3) is 21.9 Å². The van der Waals surface area contributed by atoms with Crippen LogP contribution >= 0.6 is 0 Å². The molecule has 0 radical (unpaired) electrons. The lowest BCUT2D eigenvalue weighted by atomic mass is 10.1. The maximum atomic E-state index is 11.4. The summed E-state index contributed by atoms with van der Waals surface area (Å²) in [6.45, 7) is 1.90. The second-order valence-corrected chi connectivity index (χ2v) is 5.77. The normalized spacial score (nSPS) is 12.4. The lowest BCUT2D eigenvalue weighted by Crippen LogP contribution is -2.04. The van der Waals surface area contributed by atoms with Gasteiger partial charge in [-0.05, 0) is 42.8 Å². The summed E-state index contributed by atoms with van der Waals surface area (Å²) in [5, 5.41) is 1.68. The average Bonchev–Trinajstić information content (AvgIpc) is 2.60. The van der Waals surface area contributed by atoms with Crippen LogP contribution in [0.3, 0.4) is 0 Å². The summed E-state index contributed by atoms with van der Waals surface area (Å²) in [7, 11) is 0. The van der Waals surface area contributed by atoms with E-state index in [1.165, 1.54) is 12.1 Å². The lowest BCUT2D eigenvalue weighted by Gasteiger charge is -2.15. The Labute approximate surface area is 142 Å². The van der Waals surface area contributed by atoms with Crippen LogP contribution in [0, 0.1) is 0 Å². The zero-order valence-corrected chi connectivity index (χ0v) is 13.4. The molecule has 25 heavy (non-hydrogen) atoms. The third-order valence-electron chi connectivity index (χ3n) is 4.02. The maximum Gasteiger partial charge on any atom is 0.336 e. The van der Waals surface area contributed by atoms with E-state index in [1.807, 2.05) is 31.2 Å². The van der Waals surface area contributed by atoms with Crippen LogP contribution in [-0.2, 0) is 0 Å². The van der Waals surface area contributed by atoms with Gasteiger partial charge in [0.05, 0.1) is 0 Å². The highest BCUT2D eigenvalue weighted by molar-refractivity contribution is 5.78. The van der Waals surface area contributed by atoms with Gasteiger partial charge in [-0.3, -0.25) is 0 Å². The Balaban J connectivity index is 1.66. The fourth-order valence-corrected chi connectivity index (χ4v) is 2.72. The molecule has 0 saturated carbocycles. The molecule has 4 rings (SSSR count). The molecule has 0 fully saturated rings. The molecule has 0 saturated heterocycles. The van der Waals surface area contributed by atoms with Crippen molar-refractivity contribution in [1.82, 2.24) is 0 Å². The van der Waals surface area contributed by atoms with Gasteiger partial charge in [-0.15, -0.1) is 0 Å². The molecule has 1 unspecified atom stereocenters. The van der Waals surface area contributed by atoms with E-state index in [2.05, 4.69) is 0 Å². The van der Waals surface area contributed by atoms with E-state index < -0.39 is 5.63 Å². The number of ether oxygens (including phenoxy) is 1. The van der Waals surface area contributed by atoms with Crippen LogP contribution in [0.5, 0.6) is 5.75 Å². The summed E-state index contributed by atoms with van der Waals surface area (Å²) in [5.41, 5.74) is 1.08. The molecule has 0 aliphatic carbocycles. The molecule has 5 nitrogen and oxygen atoms in total. The highest BCUT2D eigenvalue weighted by Gasteiger charge is 2.10. The van der Waals surface area contributed by atoms with Gasteiger partial charge < -0.3 is 13.6 Å². The topological polar surface area (TPSA) is 69.7 Å². The number of hydrogen-bond donors (Lipinski definition) is 0. The first kappa shape index (κ1) is 15.2. The fourth-order valence-electron chi connectivity index (χ4n) is 2.72. The second kappa shape index (κ2) is 5.94. The Morgan fingerprint density at radius 1 is 0.760 bits per heavy atom. The maximum absolute atomic E-state index is 11.4. The van der Waals surface area contributed by atoms with Gasteiger partial charge in [-0.1, -0.05) is 12.1 Å². The molecule has 0 aliphatic heterocycles. The fraction of sp³-hybridized carbons (Fsp3) is 0.100. The smallest absolute Gasteiger partial charge is 0.336 e. The molecule has 4 aromatic rings. The molecule has 2 aromatic heterocycles. The summed E-state index contributed by atoms with van der Waals surface area (Å²) in [6, 6.07) is 17.2. The molecule has 124 valence electrons. The minimum absolute atomic E-state index is 0.275. The predicted molar refractivity (Wildman–Crippen MR) is 94.0 cm³/mol. The van der Waals surface area contributed by atoms with Gasteiger partial charge in [-0.2, -0.15) is 0 Å². The predicted octanol–water partition coefficient (Wildman–Crippen LogP) is 4.04. The zero-order valence-electron chi connectivity index (χ0n) is 13.4.